The van der Waals surface area contributed by atoms with Gasteiger partial charge in [0.25, 0.3) is 5.91 Å². The molecule has 2 heterocycles. The number of carbonyl (C=O) groups excluding carboxylic acids is 2. The van der Waals surface area contributed by atoms with Gasteiger partial charge in [0.2, 0.25) is 5.91 Å². The molecule has 0 saturated carbocycles. The summed E-state index contributed by atoms with van der Waals surface area (Å²) in [6.07, 6.45) is 0.457. The van der Waals surface area contributed by atoms with Crippen molar-refractivity contribution >= 4 is 46.3 Å². The number of anilines is 2. The Morgan fingerprint density at radius 1 is 1.17 bits per heavy atom. The van der Waals surface area contributed by atoms with Crippen LogP contribution in [0.4, 0.5) is 11.4 Å². The summed E-state index contributed by atoms with van der Waals surface area (Å²) in [5.41, 5.74) is 1.35. The summed E-state index contributed by atoms with van der Waals surface area (Å²) in [6, 6.07) is 11.1. The summed E-state index contributed by atoms with van der Waals surface area (Å²) in [7, 11) is 0. The van der Waals surface area contributed by atoms with Gasteiger partial charge in [-0.1, -0.05) is 12.1 Å². The monoisotopic (exact) mass is 361 g/mol. The summed E-state index contributed by atoms with van der Waals surface area (Å²) < 4.78 is 0. The molecule has 7 heteroatoms. The molecule has 1 aromatic heterocycles. The predicted octanol–water partition coefficient (Wildman–Crippen LogP) is 3.03. The van der Waals surface area contributed by atoms with Crippen LogP contribution in [0.3, 0.4) is 0 Å². The van der Waals surface area contributed by atoms with Crippen LogP contribution in [-0.4, -0.2) is 35.9 Å². The van der Waals surface area contributed by atoms with Crippen LogP contribution in [0.25, 0.3) is 0 Å². The van der Waals surface area contributed by atoms with Crippen LogP contribution >= 0.6 is 23.1 Å². The summed E-state index contributed by atoms with van der Waals surface area (Å²) in [5, 5.41) is 11.0. The van der Waals surface area contributed by atoms with E-state index >= 15 is 0 Å². The van der Waals surface area contributed by atoms with Gasteiger partial charge in [-0.2, -0.15) is 11.8 Å². The Balaban J connectivity index is 1.56. The number of benzene rings is 1. The van der Waals surface area contributed by atoms with Crippen molar-refractivity contribution in [1.82, 2.24) is 5.32 Å². The molecule has 1 saturated heterocycles. The van der Waals surface area contributed by atoms with Crippen LogP contribution in [-0.2, 0) is 4.79 Å². The number of thiophene rings is 1. The minimum Gasteiger partial charge on any atom is -0.326 e. The average Bonchev–Trinajstić information content (AvgIpc) is 3.10. The van der Waals surface area contributed by atoms with Crippen LogP contribution in [0, 0.1) is 0 Å². The number of thioether (sulfide) groups is 1. The highest BCUT2D eigenvalue weighted by molar-refractivity contribution is 7.99. The van der Waals surface area contributed by atoms with E-state index in [2.05, 4.69) is 16.0 Å². The molecule has 1 unspecified atom stereocenters. The molecule has 1 fully saturated rings. The Morgan fingerprint density at radius 2 is 2.00 bits per heavy atom. The van der Waals surface area contributed by atoms with Crippen LogP contribution < -0.4 is 16.0 Å². The van der Waals surface area contributed by atoms with Gasteiger partial charge in [-0.15, -0.1) is 11.3 Å². The van der Waals surface area contributed by atoms with Crippen molar-refractivity contribution in [3.63, 3.8) is 0 Å². The van der Waals surface area contributed by atoms with Crippen molar-refractivity contribution in [3.05, 3.63) is 46.7 Å². The van der Waals surface area contributed by atoms with Crippen LogP contribution in [0.1, 0.15) is 16.1 Å². The molecular formula is C17H19N3O2S2. The summed E-state index contributed by atoms with van der Waals surface area (Å²) in [6.45, 7) is 0.951. The number of nitrogens with one attached hydrogen (secondary N) is 3. The quantitative estimate of drug-likeness (QED) is 0.766. The predicted molar refractivity (Wildman–Crippen MR) is 101 cm³/mol. The number of rotatable bonds is 5. The number of amides is 2. The maximum atomic E-state index is 12.2. The molecule has 2 aromatic rings. The fourth-order valence-electron chi connectivity index (χ4n) is 2.46. The molecule has 2 amide bonds. The first kappa shape index (κ1) is 17.0. The van der Waals surface area contributed by atoms with Crippen LogP contribution in [0.15, 0.2) is 41.8 Å². The zero-order valence-corrected chi connectivity index (χ0v) is 14.7. The highest BCUT2D eigenvalue weighted by Gasteiger charge is 2.16. The lowest BCUT2D eigenvalue weighted by Gasteiger charge is -2.22. The summed E-state index contributed by atoms with van der Waals surface area (Å²) >= 11 is 3.26. The standard InChI is InChI=1S/C17H19N3O2S2/c21-16(10-14-11-23-8-6-18-14)19-12-3-1-4-13(9-12)20-17(22)15-5-2-7-24-15/h1-5,7,9,14,18H,6,8,10-11H2,(H,19,21)(H,20,22). The van der Waals surface area contributed by atoms with Crippen molar-refractivity contribution in [1.29, 1.82) is 0 Å². The van der Waals surface area contributed by atoms with Gasteiger partial charge in [0.15, 0.2) is 0 Å². The van der Waals surface area contributed by atoms with Gasteiger partial charge in [0.05, 0.1) is 4.88 Å². The van der Waals surface area contributed by atoms with Gasteiger partial charge in [-0.3, -0.25) is 9.59 Å². The van der Waals surface area contributed by atoms with E-state index in [1.165, 1.54) is 11.3 Å². The minimum atomic E-state index is -0.142. The first-order chi connectivity index (χ1) is 11.7. The van der Waals surface area contributed by atoms with E-state index in [0.29, 0.717) is 22.7 Å². The topological polar surface area (TPSA) is 70.2 Å². The second-order valence-corrected chi connectivity index (χ2v) is 7.59. The minimum absolute atomic E-state index is 0.0169. The third-order valence-corrected chi connectivity index (χ3v) is 5.58. The SMILES string of the molecule is O=C(CC1CSCCN1)Nc1cccc(NC(=O)c2cccs2)c1. The maximum absolute atomic E-state index is 12.2. The van der Waals surface area contributed by atoms with Gasteiger partial charge in [0, 0.05) is 41.9 Å². The van der Waals surface area contributed by atoms with Gasteiger partial charge < -0.3 is 16.0 Å². The highest BCUT2D eigenvalue weighted by Crippen LogP contribution is 2.18. The summed E-state index contributed by atoms with van der Waals surface area (Å²) in [5.74, 6) is 1.91. The lowest BCUT2D eigenvalue weighted by atomic mass is 10.2. The molecule has 0 bridgehead atoms. The molecule has 126 valence electrons. The fourth-order valence-corrected chi connectivity index (χ4v) is 4.03. The van der Waals surface area contributed by atoms with E-state index in [4.69, 9.17) is 0 Å². The second-order valence-electron chi connectivity index (χ2n) is 5.49. The zero-order chi connectivity index (χ0) is 16.8. The molecule has 0 aliphatic carbocycles. The van der Waals surface area contributed by atoms with E-state index in [9.17, 15) is 9.59 Å². The third-order valence-electron chi connectivity index (χ3n) is 3.58. The molecule has 0 spiro atoms. The van der Waals surface area contributed by atoms with Gasteiger partial charge in [0.1, 0.15) is 0 Å². The molecule has 0 radical (unpaired) electrons. The van der Waals surface area contributed by atoms with Gasteiger partial charge >= 0.3 is 0 Å². The van der Waals surface area contributed by atoms with Crippen molar-refractivity contribution in [2.24, 2.45) is 0 Å². The van der Waals surface area contributed by atoms with E-state index in [1.807, 2.05) is 35.3 Å². The highest BCUT2D eigenvalue weighted by atomic mass is 32.2. The summed E-state index contributed by atoms with van der Waals surface area (Å²) in [4.78, 5) is 24.9. The number of hydrogen-bond acceptors (Lipinski definition) is 5. The Labute approximate surface area is 149 Å². The Morgan fingerprint density at radius 3 is 2.71 bits per heavy atom. The molecule has 24 heavy (non-hydrogen) atoms. The Bertz CT molecular complexity index is 698. The number of carbonyl (C=O) groups is 2. The molecule has 3 rings (SSSR count). The van der Waals surface area contributed by atoms with Gasteiger partial charge in [-0.25, -0.2) is 0 Å². The molecule has 5 nitrogen and oxygen atoms in total. The molecule has 1 aromatic carbocycles. The van der Waals surface area contributed by atoms with Crippen molar-refractivity contribution in [2.45, 2.75) is 12.5 Å². The van der Waals surface area contributed by atoms with E-state index in [-0.39, 0.29) is 17.9 Å². The van der Waals surface area contributed by atoms with E-state index < -0.39 is 0 Å². The largest absolute Gasteiger partial charge is 0.326 e. The molecule has 1 aliphatic rings. The average molecular weight is 361 g/mol. The second kappa shape index (κ2) is 8.32. The molecule has 1 atom stereocenters. The van der Waals surface area contributed by atoms with Crippen molar-refractivity contribution < 1.29 is 9.59 Å². The molecule has 3 N–H and O–H groups in total. The van der Waals surface area contributed by atoms with E-state index in [0.717, 1.165) is 18.1 Å². The molecular weight excluding hydrogens is 342 g/mol. The lowest BCUT2D eigenvalue weighted by molar-refractivity contribution is -0.116. The smallest absolute Gasteiger partial charge is 0.265 e. The lowest BCUT2D eigenvalue weighted by Crippen LogP contribution is -2.39. The fraction of sp³-hybridized carbons (Fsp3) is 0.294. The Hall–Kier alpha value is -1.83. The normalized spacial score (nSPS) is 17.2. The van der Waals surface area contributed by atoms with Crippen molar-refractivity contribution in [3.8, 4) is 0 Å². The van der Waals surface area contributed by atoms with Crippen LogP contribution in [0.2, 0.25) is 0 Å². The Kier molecular flexibility index (Phi) is 5.90. The third kappa shape index (κ3) is 4.83. The zero-order valence-electron chi connectivity index (χ0n) is 13.1. The number of hydrogen-bond donors (Lipinski definition) is 3. The maximum Gasteiger partial charge on any atom is 0.265 e. The molecule has 1 aliphatic heterocycles. The first-order valence-corrected chi connectivity index (χ1v) is 9.80. The van der Waals surface area contributed by atoms with Crippen molar-refractivity contribution in [2.75, 3.05) is 28.7 Å². The van der Waals surface area contributed by atoms with Gasteiger partial charge in [-0.05, 0) is 29.6 Å². The van der Waals surface area contributed by atoms with E-state index in [1.54, 1.807) is 18.2 Å². The van der Waals surface area contributed by atoms with Crippen LogP contribution in [0.5, 0.6) is 0 Å². The first-order valence-electron chi connectivity index (χ1n) is 7.76.